The van der Waals surface area contributed by atoms with Crippen LogP contribution in [0.2, 0.25) is 0 Å². The smallest absolute Gasteiger partial charge is 0.223 e. The molecule has 1 aliphatic carbocycles. The van der Waals surface area contributed by atoms with Crippen LogP contribution < -0.4 is 5.32 Å². The Hall–Kier alpha value is -0.790. The van der Waals surface area contributed by atoms with Gasteiger partial charge in [0, 0.05) is 11.5 Å². The summed E-state index contributed by atoms with van der Waals surface area (Å²) in [6.07, 6.45) is 8.71. The first kappa shape index (κ1) is 13.3. The predicted octanol–water partition coefficient (Wildman–Crippen LogP) is 3.28. The normalized spacial score (nSPS) is 18.8. The van der Waals surface area contributed by atoms with Crippen molar-refractivity contribution < 1.29 is 4.79 Å². The molecule has 1 amide bonds. The van der Waals surface area contributed by atoms with E-state index in [4.69, 9.17) is 0 Å². The monoisotopic (exact) mass is 223 g/mol. The highest BCUT2D eigenvalue weighted by Gasteiger charge is 2.29. The van der Waals surface area contributed by atoms with Gasteiger partial charge in [0.05, 0.1) is 0 Å². The lowest BCUT2D eigenvalue weighted by Gasteiger charge is -2.24. The van der Waals surface area contributed by atoms with Gasteiger partial charge in [-0.05, 0) is 46.5 Å². The van der Waals surface area contributed by atoms with Gasteiger partial charge in [-0.2, -0.15) is 0 Å². The molecule has 2 nitrogen and oxygen atoms in total. The van der Waals surface area contributed by atoms with Crippen molar-refractivity contribution in [1.29, 1.82) is 0 Å². The zero-order valence-corrected chi connectivity index (χ0v) is 11.0. The average Bonchev–Trinajstić information content (AvgIpc) is 2.92. The molecule has 1 rings (SSSR count). The number of hydrogen-bond donors (Lipinski definition) is 1. The van der Waals surface area contributed by atoms with Crippen LogP contribution in [0.4, 0.5) is 0 Å². The first-order valence-electron chi connectivity index (χ1n) is 6.35. The van der Waals surface area contributed by atoms with Crippen LogP contribution in [0, 0.1) is 11.8 Å². The second-order valence-corrected chi connectivity index (χ2v) is 5.92. The van der Waals surface area contributed by atoms with Gasteiger partial charge in [0.15, 0.2) is 0 Å². The highest BCUT2D eigenvalue weighted by molar-refractivity contribution is 5.79. The molecule has 0 bridgehead atoms. The van der Waals surface area contributed by atoms with E-state index in [-0.39, 0.29) is 17.4 Å². The van der Waals surface area contributed by atoms with Crippen LogP contribution in [0.1, 0.15) is 53.4 Å². The maximum atomic E-state index is 12.1. The van der Waals surface area contributed by atoms with Gasteiger partial charge in [0.2, 0.25) is 5.91 Å². The summed E-state index contributed by atoms with van der Waals surface area (Å²) in [4.78, 5) is 12.1. The van der Waals surface area contributed by atoms with Crippen LogP contribution in [-0.2, 0) is 4.79 Å². The molecule has 1 fully saturated rings. The Labute approximate surface area is 99.5 Å². The third kappa shape index (κ3) is 5.34. The summed E-state index contributed by atoms with van der Waals surface area (Å²) in [5.41, 5.74) is -0.116. The van der Waals surface area contributed by atoms with E-state index in [1.165, 1.54) is 12.8 Å². The first-order chi connectivity index (χ1) is 7.42. The molecule has 0 radical (unpaired) electrons. The lowest BCUT2D eigenvalue weighted by Crippen LogP contribution is -2.43. The summed E-state index contributed by atoms with van der Waals surface area (Å²) < 4.78 is 0. The van der Waals surface area contributed by atoms with E-state index in [2.05, 4.69) is 11.4 Å². The van der Waals surface area contributed by atoms with Crippen LogP contribution >= 0.6 is 0 Å². The Kier molecular flexibility index (Phi) is 4.57. The fraction of sp³-hybridized carbons (Fsp3) is 0.786. The molecule has 1 N–H and O–H groups in total. The maximum absolute atomic E-state index is 12.1. The van der Waals surface area contributed by atoms with Crippen molar-refractivity contribution in [2.45, 2.75) is 58.9 Å². The first-order valence-corrected chi connectivity index (χ1v) is 6.35. The fourth-order valence-electron chi connectivity index (χ4n) is 1.84. The van der Waals surface area contributed by atoms with Gasteiger partial charge in [-0.25, -0.2) is 0 Å². The molecule has 1 aliphatic rings. The Balaban J connectivity index is 2.48. The molecule has 1 atom stereocenters. The lowest BCUT2D eigenvalue weighted by atomic mass is 9.95. The minimum atomic E-state index is -0.116. The third-order valence-electron chi connectivity index (χ3n) is 2.84. The molecule has 0 spiro atoms. The lowest BCUT2D eigenvalue weighted by molar-refractivity contribution is -0.126. The molecular weight excluding hydrogens is 198 g/mol. The van der Waals surface area contributed by atoms with Crippen molar-refractivity contribution in [3.05, 3.63) is 12.2 Å². The summed E-state index contributed by atoms with van der Waals surface area (Å²) in [5.74, 6) is 1.20. The van der Waals surface area contributed by atoms with Crippen molar-refractivity contribution in [2.75, 3.05) is 0 Å². The van der Waals surface area contributed by atoms with Gasteiger partial charge in [-0.1, -0.05) is 25.0 Å². The van der Waals surface area contributed by atoms with Gasteiger partial charge in [0.1, 0.15) is 0 Å². The van der Waals surface area contributed by atoms with Crippen LogP contribution in [-0.4, -0.2) is 11.4 Å². The minimum Gasteiger partial charge on any atom is -0.351 e. The molecule has 0 aliphatic heterocycles. The van der Waals surface area contributed by atoms with Gasteiger partial charge in [-0.15, -0.1) is 0 Å². The Bertz CT molecular complexity index is 258. The molecule has 0 aromatic rings. The second kappa shape index (κ2) is 5.51. The van der Waals surface area contributed by atoms with Crippen LogP contribution in [0.15, 0.2) is 12.2 Å². The summed E-state index contributed by atoms with van der Waals surface area (Å²) in [7, 11) is 0. The van der Waals surface area contributed by atoms with Crippen molar-refractivity contribution >= 4 is 5.91 Å². The largest absolute Gasteiger partial charge is 0.351 e. The quantitative estimate of drug-likeness (QED) is 0.712. The summed E-state index contributed by atoms with van der Waals surface area (Å²) in [6, 6.07) is 0. The SMILES string of the molecule is C/C=C/CC(CC1CC1)C(=O)NC(C)(C)C. The van der Waals surface area contributed by atoms with E-state index in [9.17, 15) is 4.79 Å². The fourth-order valence-corrected chi connectivity index (χ4v) is 1.84. The highest BCUT2D eigenvalue weighted by atomic mass is 16.2. The number of allylic oxidation sites excluding steroid dienone is 2. The molecule has 0 aromatic carbocycles. The maximum Gasteiger partial charge on any atom is 0.223 e. The van der Waals surface area contributed by atoms with Crippen molar-refractivity contribution in [1.82, 2.24) is 5.32 Å². The van der Waals surface area contributed by atoms with Crippen molar-refractivity contribution in [3.63, 3.8) is 0 Å². The van der Waals surface area contributed by atoms with Gasteiger partial charge in [0.25, 0.3) is 0 Å². The van der Waals surface area contributed by atoms with Gasteiger partial charge in [-0.3, -0.25) is 4.79 Å². The molecule has 0 heterocycles. The molecule has 16 heavy (non-hydrogen) atoms. The third-order valence-corrected chi connectivity index (χ3v) is 2.84. The van der Waals surface area contributed by atoms with Crippen LogP contribution in [0.3, 0.4) is 0 Å². The summed E-state index contributed by atoms with van der Waals surface area (Å²) in [6.45, 7) is 8.12. The molecule has 0 saturated heterocycles. The molecule has 0 aromatic heterocycles. The topological polar surface area (TPSA) is 29.1 Å². The number of carbonyl (C=O) groups is 1. The summed E-state index contributed by atoms with van der Waals surface area (Å²) in [5, 5.41) is 3.09. The van der Waals surface area contributed by atoms with Gasteiger partial charge < -0.3 is 5.32 Å². The number of carbonyl (C=O) groups excluding carboxylic acids is 1. The number of nitrogens with one attached hydrogen (secondary N) is 1. The molecular formula is C14H25NO. The molecule has 1 saturated carbocycles. The number of hydrogen-bond acceptors (Lipinski definition) is 1. The number of amides is 1. The van der Waals surface area contributed by atoms with E-state index >= 15 is 0 Å². The average molecular weight is 223 g/mol. The minimum absolute atomic E-state index is 0.116. The standard InChI is InChI=1S/C14H25NO/c1-5-6-7-12(10-11-8-9-11)13(16)15-14(2,3)4/h5-6,11-12H,7-10H2,1-4H3,(H,15,16)/b6-5+. The zero-order chi connectivity index (χ0) is 12.2. The van der Waals surface area contributed by atoms with Crippen LogP contribution in [0.25, 0.3) is 0 Å². The Morgan fingerprint density at radius 2 is 2.06 bits per heavy atom. The summed E-state index contributed by atoms with van der Waals surface area (Å²) >= 11 is 0. The Morgan fingerprint density at radius 3 is 2.50 bits per heavy atom. The van der Waals surface area contributed by atoms with E-state index in [0.29, 0.717) is 0 Å². The number of rotatable bonds is 5. The van der Waals surface area contributed by atoms with E-state index in [0.717, 1.165) is 18.8 Å². The molecule has 2 heteroatoms. The van der Waals surface area contributed by atoms with Crippen LogP contribution in [0.5, 0.6) is 0 Å². The molecule has 1 unspecified atom stereocenters. The Morgan fingerprint density at radius 1 is 1.44 bits per heavy atom. The zero-order valence-electron chi connectivity index (χ0n) is 11.0. The molecule has 92 valence electrons. The highest BCUT2D eigenvalue weighted by Crippen LogP contribution is 2.36. The van der Waals surface area contributed by atoms with E-state index in [1.54, 1.807) is 0 Å². The van der Waals surface area contributed by atoms with E-state index < -0.39 is 0 Å². The van der Waals surface area contributed by atoms with Gasteiger partial charge >= 0.3 is 0 Å². The second-order valence-electron chi connectivity index (χ2n) is 5.92. The predicted molar refractivity (Wildman–Crippen MR) is 68.2 cm³/mol. The van der Waals surface area contributed by atoms with Crippen molar-refractivity contribution in [3.8, 4) is 0 Å². The van der Waals surface area contributed by atoms with E-state index in [1.807, 2.05) is 33.8 Å². The van der Waals surface area contributed by atoms with Crippen molar-refractivity contribution in [2.24, 2.45) is 11.8 Å².